The number of nitrogens with one attached hydrogen (secondary N) is 1. The van der Waals surface area contributed by atoms with E-state index in [0.29, 0.717) is 0 Å². The minimum atomic E-state index is -0.0244. The van der Waals surface area contributed by atoms with Crippen molar-refractivity contribution < 1.29 is 4.74 Å². The number of halogens is 1. The van der Waals surface area contributed by atoms with Gasteiger partial charge < -0.3 is 10.1 Å². The summed E-state index contributed by atoms with van der Waals surface area (Å²) >= 11 is 3.53. The lowest BCUT2D eigenvalue weighted by atomic mass is 10.0. The average molecular weight is 383 g/mol. The summed E-state index contributed by atoms with van der Waals surface area (Å²) in [5.41, 5.74) is 3.23. The molecule has 0 unspecified atom stereocenters. The molecular formula is C18H15BrN4O. The molecular weight excluding hydrogens is 368 g/mol. The van der Waals surface area contributed by atoms with E-state index in [4.69, 9.17) is 4.74 Å². The van der Waals surface area contributed by atoms with Crippen molar-refractivity contribution in [2.75, 3.05) is 12.4 Å². The van der Waals surface area contributed by atoms with Crippen molar-refractivity contribution in [2.45, 2.75) is 6.04 Å². The average Bonchev–Trinajstić information content (AvgIpc) is 3.09. The van der Waals surface area contributed by atoms with E-state index in [1.165, 1.54) is 0 Å². The molecule has 0 aliphatic carbocycles. The van der Waals surface area contributed by atoms with E-state index < -0.39 is 0 Å². The molecule has 0 amide bonds. The van der Waals surface area contributed by atoms with Gasteiger partial charge in [-0.3, -0.25) is 0 Å². The van der Waals surface area contributed by atoms with Gasteiger partial charge in [-0.25, -0.2) is 4.68 Å². The first-order valence-electron chi connectivity index (χ1n) is 7.53. The van der Waals surface area contributed by atoms with Crippen LogP contribution in [-0.2, 0) is 0 Å². The standard InChI is InChI=1S/C18H15BrN4O/c1-24-15-7-5-12(6-8-15)17-10-16(13-3-2-4-14(19)9-13)22-18-20-11-21-23(17)18/h2-11,17H,1H3,(H,20,21,22)/t17-/m0/s1. The van der Waals surface area contributed by atoms with E-state index in [2.05, 4.69) is 61.7 Å². The Morgan fingerprint density at radius 2 is 2.00 bits per heavy atom. The van der Waals surface area contributed by atoms with Gasteiger partial charge in [-0.1, -0.05) is 40.2 Å². The van der Waals surface area contributed by atoms with Crippen LogP contribution in [0, 0.1) is 0 Å². The monoisotopic (exact) mass is 382 g/mol. The maximum absolute atomic E-state index is 5.25. The second-order valence-corrected chi connectivity index (χ2v) is 6.38. The highest BCUT2D eigenvalue weighted by molar-refractivity contribution is 9.10. The normalized spacial score (nSPS) is 16.1. The first-order chi connectivity index (χ1) is 11.7. The quantitative estimate of drug-likeness (QED) is 0.740. The Bertz CT molecular complexity index is 901. The minimum Gasteiger partial charge on any atom is -0.497 e. The second-order valence-electron chi connectivity index (χ2n) is 5.46. The molecule has 0 radical (unpaired) electrons. The van der Waals surface area contributed by atoms with Crippen LogP contribution in [0.3, 0.4) is 0 Å². The number of hydrogen-bond acceptors (Lipinski definition) is 4. The Balaban J connectivity index is 1.78. The lowest BCUT2D eigenvalue weighted by Crippen LogP contribution is -2.20. The van der Waals surface area contributed by atoms with E-state index >= 15 is 0 Å². The lowest BCUT2D eigenvalue weighted by Gasteiger charge is -2.24. The van der Waals surface area contributed by atoms with Gasteiger partial charge in [-0.2, -0.15) is 10.1 Å². The summed E-state index contributed by atoms with van der Waals surface area (Å²) in [5, 5.41) is 7.71. The molecule has 5 nitrogen and oxygen atoms in total. The summed E-state index contributed by atoms with van der Waals surface area (Å²) in [6, 6.07) is 16.2. The summed E-state index contributed by atoms with van der Waals surface area (Å²) in [4.78, 5) is 4.33. The molecule has 120 valence electrons. The van der Waals surface area contributed by atoms with Crippen LogP contribution in [-0.4, -0.2) is 21.9 Å². The Morgan fingerprint density at radius 1 is 1.17 bits per heavy atom. The largest absolute Gasteiger partial charge is 0.497 e. The fourth-order valence-corrected chi connectivity index (χ4v) is 3.20. The van der Waals surface area contributed by atoms with Crippen molar-refractivity contribution in [3.63, 3.8) is 0 Å². The zero-order chi connectivity index (χ0) is 16.5. The van der Waals surface area contributed by atoms with Gasteiger partial charge in [0.1, 0.15) is 18.1 Å². The number of allylic oxidation sites excluding steroid dienone is 1. The fourth-order valence-electron chi connectivity index (χ4n) is 2.80. The van der Waals surface area contributed by atoms with Crippen molar-refractivity contribution in [3.8, 4) is 5.75 Å². The lowest BCUT2D eigenvalue weighted by molar-refractivity contribution is 0.414. The van der Waals surface area contributed by atoms with Crippen molar-refractivity contribution in [1.29, 1.82) is 0 Å². The van der Waals surface area contributed by atoms with Crippen LogP contribution in [0.25, 0.3) is 5.70 Å². The summed E-state index contributed by atoms with van der Waals surface area (Å²) in [6.45, 7) is 0. The van der Waals surface area contributed by atoms with Gasteiger partial charge in [0.15, 0.2) is 0 Å². The molecule has 4 rings (SSSR count). The second kappa shape index (κ2) is 6.13. The van der Waals surface area contributed by atoms with Gasteiger partial charge in [0.25, 0.3) is 0 Å². The maximum atomic E-state index is 5.25. The highest BCUT2D eigenvalue weighted by atomic mass is 79.9. The predicted octanol–water partition coefficient (Wildman–Crippen LogP) is 4.11. The van der Waals surface area contributed by atoms with Gasteiger partial charge in [0.05, 0.1) is 7.11 Å². The molecule has 0 saturated heterocycles. The molecule has 2 heterocycles. The highest BCUT2D eigenvalue weighted by Crippen LogP contribution is 2.33. The van der Waals surface area contributed by atoms with Crippen LogP contribution in [0.4, 0.5) is 5.95 Å². The number of fused-ring (bicyclic) bond motifs is 1. The van der Waals surface area contributed by atoms with E-state index in [-0.39, 0.29) is 6.04 Å². The van der Waals surface area contributed by atoms with Crippen molar-refractivity contribution in [1.82, 2.24) is 14.8 Å². The number of hydrogen-bond donors (Lipinski definition) is 1. The molecule has 6 heteroatoms. The molecule has 0 saturated carbocycles. The molecule has 1 aromatic heterocycles. The zero-order valence-corrected chi connectivity index (χ0v) is 14.6. The number of anilines is 1. The number of ether oxygens (including phenoxy) is 1. The van der Waals surface area contributed by atoms with Crippen LogP contribution < -0.4 is 10.1 Å². The zero-order valence-electron chi connectivity index (χ0n) is 13.0. The Labute approximate surface area is 148 Å². The first kappa shape index (κ1) is 15.0. The van der Waals surface area contributed by atoms with Crippen LogP contribution in [0.5, 0.6) is 5.75 Å². The topological polar surface area (TPSA) is 52.0 Å². The number of nitrogens with zero attached hydrogens (tertiary/aromatic N) is 3. The van der Waals surface area contributed by atoms with Gasteiger partial charge in [-0.15, -0.1) is 0 Å². The molecule has 3 aromatic rings. The van der Waals surface area contributed by atoms with Crippen LogP contribution in [0.15, 0.2) is 65.4 Å². The highest BCUT2D eigenvalue weighted by Gasteiger charge is 2.23. The van der Waals surface area contributed by atoms with Crippen molar-refractivity contribution in [3.05, 3.63) is 76.5 Å². The smallest absolute Gasteiger partial charge is 0.226 e. The maximum Gasteiger partial charge on any atom is 0.226 e. The van der Waals surface area contributed by atoms with Gasteiger partial charge in [-0.05, 0) is 41.5 Å². The molecule has 1 aliphatic heterocycles. The summed E-state index contributed by atoms with van der Waals surface area (Å²) in [7, 11) is 1.67. The molecule has 0 spiro atoms. The molecule has 0 fully saturated rings. The fraction of sp³-hybridized carbons (Fsp3) is 0.111. The van der Waals surface area contributed by atoms with E-state index in [0.717, 1.165) is 33.0 Å². The predicted molar refractivity (Wildman–Crippen MR) is 96.9 cm³/mol. The molecule has 0 bridgehead atoms. The van der Waals surface area contributed by atoms with Gasteiger partial charge in [0, 0.05) is 10.2 Å². The third-order valence-electron chi connectivity index (χ3n) is 4.00. The third kappa shape index (κ3) is 2.69. The third-order valence-corrected chi connectivity index (χ3v) is 4.49. The van der Waals surface area contributed by atoms with Crippen molar-refractivity contribution in [2.24, 2.45) is 0 Å². The Hall–Kier alpha value is -2.60. The number of aromatic nitrogens is 3. The number of rotatable bonds is 3. The SMILES string of the molecule is COc1ccc([C@@H]2C=C(c3cccc(Br)c3)Nc3ncnn32)cc1. The molecule has 2 aromatic carbocycles. The van der Waals surface area contributed by atoms with E-state index in [1.54, 1.807) is 13.4 Å². The molecule has 1 atom stereocenters. The van der Waals surface area contributed by atoms with E-state index in [9.17, 15) is 0 Å². The number of methoxy groups -OCH3 is 1. The van der Waals surface area contributed by atoms with Crippen molar-refractivity contribution >= 4 is 27.6 Å². The Morgan fingerprint density at radius 3 is 2.75 bits per heavy atom. The van der Waals surface area contributed by atoms with Crippen LogP contribution in [0.2, 0.25) is 0 Å². The van der Waals surface area contributed by atoms with Gasteiger partial charge >= 0.3 is 0 Å². The Kier molecular flexibility index (Phi) is 3.82. The number of benzene rings is 2. The van der Waals surface area contributed by atoms with Crippen LogP contribution in [0.1, 0.15) is 17.2 Å². The molecule has 1 aliphatic rings. The van der Waals surface area contributed by atoms with Gasteiger partial charge in [0.2, 0.25) is 5.95 Å². The molecule has 24 heavy (non-hydrogen) atoms. The summed E-state index contributed by atoms with van der Waals surface area (Å²) < 4.78 is 8.16. The summed E-state index contributed by atoms with van der Waals surface area (Å²) in [6.07, 6.45) is 3.72. The first-order valence-corrected chi connectivity index (χ1v) is 8.32. The molecule has 1 N–H and O–H groups in total. The van der Waals surface area contributed by atoms with Crippen LogP contribution >= 0.6 is 15.9 Å². The minimum absolute atomic E-state index is 0.0244. The summed E-state index contributed by atoms with van der Waals surface area (Å²) in [5.74, 6) is 1.57. The van der Waals surface area contributed by atoms with E-state index in [1.807, 2.05) is 28.9 Å².